The number of ether oxygens (including phenoxy) is 1. The molecular formula is C21H22FN3O3. The number of hydrogen-bond donors (Lipinski definition) is 1. The Morgan fingerprint density at radius 3 is 2.68 bits per heavy atom. The Hall–Kier alpha value is -2.93. The van der Waals surface area contributed by atoms with Gasteiger partial charge in [0.25, 0.3) is 5.91 Å². The number of aryl methyl sites for hydroxylation is 1. The van der Waals surface area contributed by atoms with Crippen LogP contribution in [0.3, 0.4) is 0 Å². The topological polar surface area (TPSA) is 61.9 Å². The van der Waals surface area contributed by atoms with E-state index in [1.54, 1.807) is 34.1 Å². The van der Waals surface area contributed by atoms with E-state index in [0.29, 0.717) is 38.3 Å². The monoisotopic (exact) mass is 383 g/mol. The predicted molar refractivity (Wildman–Crippen MR) is 103 cm³/mol. The predicted octanol–water partition coefficient (Wildman–Crippen LogP) is 2.88. The van der Waals surface area contributed by atoms with Gasteiger partial charge in [-0.05, 0) is 42.3 Å². The summed E-state index contributed by atoms with van der Waals surface area (Å²) in [6.07, 6.45) is -0.285. The summed E-state index contributed by atoms with van der Waals surface area (Å²) in [5, 5.41) is 2.78. The molecule has 0 aliphatic carbocycles. The number of morpholine rings is 1. The minimum Gasteiger partial charge on any atom is -0.370 e. The molecule has 0 bridgehead atoms. The van der Waals surface area contributed by atoms with Crippen LogP contribution >= 0.6 is 0 Å². The van der Waals surface area contributed by atoms with Gasteiger partial charge in [-0.1, -0.05) is 18.2 Å². The smallest absolute Gasteiger partial charge is 0.322 e. The third-order valence-electron chi connectivity index (χ3n) is 5.20. The first-order valence-corrected chi connectivity index (χ1v) is 9.35. The Balaban J connectivity index is 1.54. The van der Waals surface area contributed by atoms with Crippen LogP contribution < -0.4 is 10.2 Å². The van der Waals surface area contributed by atoms with E-state index < -0.39 is 0 Å². The van der Waals surface area contributed by atoms with Gasteiger partial charge in [0.15, 0.2) is 0 Å². The van der Waals surface area contributed by atoms with Gasteiger partial charge in [0, 0.05) is 30.9 Å². The molecule has 2 heterocycles. The molecule has 1 atom stereocenters. The molecule has 0 unspecified atom stereocenters. The number of amides is 3. The van der Waals surface area contributed by atoms with Crippen molar-refractivity contribution in [3.8, 4) is 0 Å². The van der Waals surface area contributed by atoms with E-state index in [4.69, 9.17) is 4.74 Å². The van der Waals surface area contributed by atoms with E-state index in [9.17, 15) is 14.0 Å². The number of anilines is 1. The zero-order valence-corrected chi connectivity index (χ0v) is 15.7. The second-order valence-corrected chi connectivity index (χ2v) is 7.05. The molecule has 0 spiro atoms. The second-order valence-electron chi connectivity index (χ2n) is 7.05. The Labute approximate surface area is 162 Å². The lowest BCUT2D eigenvalue weighted by Crippen LogP contribution is -2.42. The van der Waals surface area contributed by atoms with E-state index in [-0.39, 0.29) is 23.9 Å². The number of urea groups is 1. The zero-order chi connectivity index (χ0) is 19.7. The fourth-order valence-electron chi connectivity index (χ4n) is 3.63. The van der Waals surface area contributed by atoms with Crippen molar-refractivity contribution in [1.82, 2.24) is 10.2 Å². The third-order valence-corrected chi connectivity index (χ3v) is 5.20. The Morgan fingerprint density at radius 2 is 1.96 bits per heavy atom. The highest BCUT2D eigenvalue weighted by Crippen LogP contribution is 2.27. The number of hydrogen-bond acceptors (Lipinski definition) is 3. The van der Waals surface area contributed by atoms with Crippen molar-refractivity contribution in [2.75, 3.05) is 37.7 Å². The van der Waals surface area contributed by atoms with Crippen LogP contribution in [-0.4, -0.2) is 49.6 Å². The maximum atomic E-state index is 13.2. The number of nitrogens with zero attached hydrogens (tertiary/aromatic N) is 2. The van der Waals surface area contributed by atoms with E-state index in [0.717, 1.165) is 16.8 Å². The maximum Gasteiger partial charge on any atom is 0.322 e. The number of benzene rings is 2. The van der Waals surface area contributed by atoms with E-state index >= 15 is 0 Å². The van der Waals surface area contributed by atoms with Crippen LogP contribution in [0.15, 0.2) is 42.5 Å². The van der Waals surface area contributed by atoms with Gasteiger partial charge in [-0.25, -0.2) is 9.18 Å². The average Bonchev–Trinajstić information content (AvgIpc) is 3.14. The van der Waals surface area contributed by atoms with E-state index in [2.05, 4.69) is 5.32 Å². The van der Waals surface area contributed by atoms with Crippen molar-refractivity contribution in [1.29, 1.82) is 0 Å². The van der Waals surface area contributed by atoms with Crippen LogP contribution in [0, 0.1) is 12.7 Å². The van der Waals surface area contributed by atoms with Crippen LogP contribution in [0.5, 0.6) is 0 Å². The molecule has 28 heavy (non-hydrogen) atoms. The van der Waals surface area contributed by atoms with Crippen LogP contribution in [0.1, 0.15) is 27.6 Å². The molecule has 6 nitrogen and oxygen atoms in total. The summed E-state index contributed by atoms with van der Waals surface area (Å²) < 4.78 is 18.9. The first-order valence-electron chi connectivity index (χ1n) is 9.35. The molecule has 1 N–H and O–H groups in total. The van der Waals surface area contributed by atoms with Crippen LogP contribution in [0.25, 0.3) is 0 Å². The van der Waals surface area contributed by atoms with Crippen LogP contribution in [-0.2, 0) is 4.74 Å². The van der Waals surface area contributed by atoms with Gasteiger partial charge in [0.1, 0.15) is 11.9 Å². The highest BCUT2D eigenvalue weighted by molar-refractivity contribution is 5.99. The van der Waals surface area contributed by atoms with Gasteiger partial charge in [-0.2, -0.15) is 0 Å². The molecule has 2 fully saturated rings. The lowest BCUT2D eigenvalue weighted by molar-refractivity contribution is -0.0228. The van der Waals surface area contributed by atoms with Crippen molar-refractivity contribution in [3.63, 3.8) is 0 Å². The van der Waals surface area contributed by atoms with Crippen molar-refractivity contribution in [2.24, 2.45) is 0 Å². The summed E-state index contributed by atoms with van der Waals surface area (Å²) in [5.74, 6) is -0.401. The largest absolute Gasteiger partial charge is 0.370 e. The molecule has 2 aromatic carbocycles. The molecule has 2 saturated heterocycles. The number of halogens is 1. The molecule has 2 aliphatic heterocycles. The van der Waals surface area contributed by atoms with Crippen molar-refractivity contribution in [2.45, 2.75) is 13.0 Å². The second kappa shape index (κ2) is 7.59. The Kier molecular flexibility index (Phi) is 5.00. The summed E-state index contributed by atoms with van der Waals surface area (Å²) in [6, 6.07) is 11.5. The number of rotatable bonds is 3. The summed E-state index contributed by atoms with van der Waals surface area (Å²) >= 11 is 0. The van der Waals surface area contributed by atoms with E-state index in [1.807, 2.05) is 13.0 Å². The van der Waals surface area contributed by atoms with Gasteiger partial charge in [0.2, 0.25) is 0 Å². The first-order chi connectivity index (χ1) is 13.5. The van der Waals surface area contributed by atoms with Crippen molar-refractivity contribution < 1.29 is 18.7 Å². The summed E-state index contributed by atoms with van der Waals surface area (Å²) in [4.78, 5) is 28.5. The molecule has 0 aromatic heterocycles. The maximum absolute atomic E-state index is 13.2. The quantitative estimate of drug-likeness (QED) is 0.887. The standard InChI is InChI=1S/C21H22FN3O3/c1-14-2-3-16(12-18(14)25-9-8-23-21(25)27)20(26)24-10-11-28-19(13-24)15-4-6-17(22)7-5-15/h2-7,12,19H,8-11,13H2,1H3,(H,23,27)/t19-/m1/s1. The molecule has 2 aromatic rings. The normalized spacial score (nSPS) is 19.6. The van der Waals surface area contributed by atoms with Gasteiger partial charge < -0.3 is 15.0 Å². The molecule has 146 valence electrons. The fraction of sp³-hybridized carbons (Fsp3) is 0.333. The van der Waals surface area contributed by atoms with Crippen molar-refractivity contribution in [3.05, 3.63) is 65.0 Å². The number of nitrogens with one attached hydrogen (secondary N) is 1. The summed E-state index contributed by atoms with van der Waals surface area (Å²) in [6.45, 7) is 4.41. The molecule has 3 amide bonds. The third kappa shape index (κ3) is 3.57. The fourth-order valence-corrected chi connectivity index (χ4v) is 3.63. The van der Waals surface area contributed by atoms with Crippen LogP contribution in [0.2, 0.25) is 0 Å². The summed E-state index contributed by atoms with van der Waals surface area (Å²) in [5.41, 5.74) is 3.08. The van der Waals surface area contributed by atoms with Crippen LogP contribution in [0.4, 0.5) is 14.9 Å². The SMILES string of the molecule is Cc1ccc(C(=O)N2CCO[C@@H](c3ccc(F)cc3)C2)cc1N1CCNC1=O. The molecule has 0 radical (unpaired) electrons. The highest BCUT2D eigenvalue weighted by Gasteiger charge is 2.28. The lowest BCUT2D eigenvalue weighted by Gasteiger charge is -2.33. The van der Waals surface area contributed by atoms with Gasteiger partial charge in [-0.3, -0.25) is 9.69 Å². The highest BCUT2D eigenvalue weighted by atomic mass is 19.1. The molecule has 4 rings (SSSR count). The van der Waals surface area contributed by atoms with E-state index in [1.165, 1.54) is 12.1 Å². The van der Waals surface area contributed by atoms with Crippen molar-refractivity contribution >= 4 is 17.6 Å². The number of carbonyl (C=O) groups excluding carboxylic acids is 2. The zero-order valence-electron chi connectivity index (χ0n) is 15.7. The van der Waals surface area contributed by atoms with Gasteiger partial charge in [0.05, 0.1) is 13.2 Å². The lowest BCUT2D eigenvalue weighted by atomic mass is 10.1. The molecule has 7 heteroatoms. The molecule has 0 saturated carbocycles. The summed E-state index contributed by atoms with van der Waals surface area (Å²) in [7, 11) is 0. The first kappa shape index (κ1) is 18.4. The number of carbonyl (C=O) groups is 2. The van der Waals surface area contributed by atoms with Gasteiger partial charge in [-0.15, -0.1) is 0 Å². The molecular weight excluding hydrogens is 361 g/mol. The Bertz CT molecular complexity index is 900. The minimum absolute atomic E-state index is 0.101. The van der Waals surface area contributed by atoms with Gasteiger partial charge >= 0.3 is 6.03 Å². The minimum atomic E-state index is -0.300. The average molecular weight is 383 g/mol. The molecule has 2 aliphatic rings. The Morgan fingerprint density at radius 1 is 1.18 bits per heavy atom.